The Bertz CT molecular complexity index is 851. The van der Waals surface area contributed by atoms with Gasteiger partial charge in [0.25, 0.3) is 0 Å². The second kappa shape index (κ2) is 10.3. The van der Waals surface area contributed by atoms with Gasteiger partial charge in [0, 0.05) is 0 Å². The molecule has 0 aromatic rings. The van der Waals surface area contributed by atoms with Gasteiger partial charge >= 0.3 is 21.7 Å². The van der Waals surface area contributed by atoms with Crippen molar-refractivity contribution in [3.05, 3.63) is 0 Å². The summed E-state index contributed by atoms with van der Waals surface area (Å²) in [7, 11) is -4.87. The minimum atomic E-state index is -5.21. The topological polar surface area (TPSA) is 251 Å². The van der Waals surface area contributed by atoms with E-state index < -0.39 is 71.0 Å². The Morgan fingerprint density at radius 2 is 1.67 bits per heavy atom. The van der Waals surface area contributed by atoms with E-state index in [0.717, 1.165) is 0 Å². The van der Waals surface area contributed by atoms with Gasteiger partial charge in [-0.05, 0) is 0 Å². The highest BCUT2D eigenvalue weighted by Crippen LogP contribution is 2.60. The van der Waals surface area contributed by atoms with E-state index in [-0.39, 0.29) is 13.2 Å². The zero-order chi connectivity index (χ0) is 25.4. The van der Waals surface area contributed by atoms with E-state index in [1.807, 2.05) is 0 Å². The molecule has 2 rings (SSSR count). The molecule has 1 saturated heterocycles. The number of nitrogens with zero attached hydrogens (tertiary/aromatic N) is 3. The number of aliphatic hydroxyl groups is 4. The van der Waals surface area contributed by atoms with Crippen LogP contribution in [0.15, 0.2) is 4.99 Å². The second-order valence-corrected chi connectivity index (χ2v) is 11.3. The minimum absolute atomic E-state index is 0.275. The average Bonchev–Trinajstić information content (AvgIpc) is 2.91. The van der Waals surface area contributed by atoms with Crippen LogP contribution in [0, 0.1) is 0 Å². The van der Waals surface area contributed by atoms with Crippen LogP contribution in [0.3, 0.4) is 0 Å². The molecule has 0 aliphatic carbocycles. The highest BCUT2D eigenvalue weighted by atomic mass is 31.3. The fourth-order valence-corrected chi connectivity index (χ4v) is 4.85. The molecule has 33 heavy (non-hydrogen) atoms. The Kier molecular flexibility index (Phi) is 8.80. The van der Waals surface area contributed by atoms with E-state index in [2.05, 4.69) is 18.4 Å². The number of aliphatic imine (C=N–C) groups is 1. The molecule has 0 radical (unpaired) electrons. The molecular weight excluding hydrogens is 494 g/mol. The molecule has 17 nitrogen and oxygen atoms in total. The lowest BCUT2D eigenvalue weighted by molar-refractivity contribution is -0.870. The van der Waals surface area contributed by atoms with Crippen molar-refractivity contribution in [1.29, 1.82) is 0 Å². The molecule has 8 atom stereocenters. The van der Waals surface area contributed by atoms with Crippen molar-refractivity contribution < 1.29 is 66.7 Å². The first kappa shape index (κ1) is 28.2. The van der Waals surface area contributed by atoms with E-state index in [1.54, 1.807) is 21.1 Å². The van der Waals surface area contributed by atoms with Crippen molar-refractivity contribution in [1.82, 2.24) is 4.90 Å². The Balaban J connectivity index is 1.97. The Hall–Kier alpha value is -1.04. The third-order valence-corrected chi connectivity index (χ3v) is 7.19. The van der Waals surface area contributed by atoms with Gasteiger partial charge in [-0.15, -0.1) is 0 Å². The van der Waals surface area contributed by atoms with Crippen LogP contribution < -0.4 is 5.73 Å². The summed E-state index contributed by atoms with van der Waals surface area (Å²) in [4.78, 5) is 35.0. The van der Waals surface area contributed by atoms with Gasteiger partial charge in [0.1, 0.15) is 37.3 Å². The standard InChI is InChI=1S/C14H28N4O13P2/c1-18(2,3)4-5-28-32(24,25)31-33(26,27)29-6-7-8(19)9(20)13(30-7)17-12(22)10(21)11(15)16-14(17)23/h7-10,12-13,19-22H,4-6H2,1-3H3,(H3-,15,16,23,24,25,26,27)/p+1/t7-,8-,9-,10?,12?,13-/m1/s1. The van der Waals surface area contributed by atoms with Crippen LogP contribution in [0.25, 0.3) is 0 Å². The number of hydrogen-bond acceptors (Lipinski definition) is 12. The van der Waals surface area contributed by atoms with Gasteiger partial charge in [-0.25, -0.2) is 13.9 Å². The summed E-state index contributed by atoms with van der Waals surface area (Å²) in [6.45, 7) is -0.953. The van der Waals surface area contributed by atoms with Gasteiger partial charge in [0.15, 0.2) is 18.6 Å². The lowest BCUT2D eigenvalue weighted by Crippen LogP contribution is -2.61. The van der Waals surface area contributed by atoms with Gasteiger partial charge in [0.2, 0.25) is 0 Å². The molecule has 1 fully saturated rings. The smallest absolute Gasteiger partial charge is 0.387 e. The number of amides is 2. The number of phosphoric ester groups is 2. The van der Waals surface area contributed by atoms with Crippen molar-refractivity contribution in [3.8, 4) is 0 Å². The number of nitrogens with two attached hydrogens (primary N) is 1. The maximum atomic E-state index is 12.0. The summed E-state index contributed by atoms with van der Waals surface area (Å²) in [6, 6.07) is -1.19. The number of ether oxygens (including phenoxy) is 1. The van der Waals surface area contributed by atoms with Crippen LogP contribution in [-0.4, -0.2) is 129 Å². The number of aliphatic hydroxyl groups excluding tert-OH is 4. The van der Waals surface area contributed by atoms with Crippen LogP contribution in [0.4, 0.5) is 4.79 Å². The third-order valence-electron chi connectivity index (χ3n) is 4.55. The first-order chi connectivity index (χ1) is 14.9. The quantitative estimate of drug-likeness (QED) is 0.110. The molecule has 4 unspecified atom stereocenters. The Morgan fingerprint density at radius 1 is 1.09 bits per heavy atom. The van der Waals surface area contributed by atoms with Crippen LogP contribution >= 0.6 is 15.6 Å². The number of urea groups is 1. The summed E-state index contributed by atoms with van der Waals surface area (Å²) >= 11 is 0. The van der Waals surface area contributed by atoms with Gasteiger partial charge in [-0.2, -0.15) is 9.30 Å². The molecule has 2 aliphatic heterocycles. The first-order valence-corrected chi connectivity index (χ1v) is 12.4. The molecule has 2 aliphatic rings. The number of hydrogen-bond donors (Lipinski definition) is 7. The number of carbonyl (C=O) groups excluding carboxylic acids is 1. The monoisotopic (exact) mass is 523 g/mol. The number of rotatable bonds is 10. The minimum Gasteiger partial charge on any atom is -0.387 e. The SMILES string of the molecule is C[N+](C)(C)CCOP(=O)(O)OP(=O)(O)OC[C@H]1O[C@@H](N2C(=O)N=C(N)C(O)C2O)[C@H](O)[C@@H]1O. The van der Waals surface area contributed by atoms with Crippen molar-refractivity contribution in [3.63, 3.8) is 0 Å². The summed E-state index contributed by atoms with van der Waals surface area (Å²) < 4.78 is 42.8. The molecule has 0 saturated carbocycles. The maximum absolute atomic E-state index is 12.0. The normalized spacial score (nSPS) is 34.6. The molecule has 0 aromatic heterocycles. The van der Waals surface area contributed by atoms with Crippen LogP contribution in [0.1, 0.15) is 0 Å². The van der Waals surface area contributed by atoms with Crippen molar-refractivity contribution >= 4 is 27.5 Å². The number of likely N-dealkylation sites (N-methyl/N-ethyl adjacent to an activating group) is 1. The van der Waals surface area contributed by atoms with Crippen LogP contribution in [0.5, 0.6) is 0 Å². The molecule has 8 N–H and O–H groups in total. The van der Waals surface area contributed by atoms with Crippen molar-refractivity contribution in [2.24, 2.45) is 10.7 Å². The molecule has 19 heteroatoms. The molecule has 2 heterocycles. The van der Waals surface area contributed by atoms with E-state index in [0.29, 0.717) is 9.38 Å². The largest absolute Gasteiger partial charge is 0.481 e. The Morgan fingerprint density at radius 3 is 2.24 bits per heavy atom. The summed E-state index contributed by atoms with van der Waals surface area (Å²) in [5, 5.41) is 40.1. The average molecular weight is 523 g/mol. The second-order valence-electron chi connectivity index (χ2n) is 8.29. The molecule has 0 bridgehead atoms. The highest BCUT2D eigenvalue weighted by Gasteiger charge is 2.52. The van der Waals surface area contributed by atoms with E-state index in [4.69, 9.17) is 10.5 Å². The van der Waals surface area contributed by atoms with E-state index in [9.17, 15) is 44.1 Å². The zero-order valence-electron chi connectivity index (χ0n) is 17.9. The highest BCUT2D eigenvalue weighted by molar-refractivity contribution is 7.61. The lowest BCUT2D eigenvalue weighted by atomic mass is 10.1. The fraction of sp³-hybridized carbons (Fsp3) is 0.857. The molecule has 2 amide bonds. The maximum Gasteiger partial charge on any atom is 0.481 e. The van der Waals surface area contributed by atoms with Gasteiger partial charge in [-0.1, -0.05) is 0 Å². The van der Waals surface area contributed by atoms with Gasteiger partial charge in [-0.3, -0.25) is 13.9 Å². The summed E-state index contributed by atoms with van der Waals surface area (Å²) in [6.07, 6.45) is -10.8. The number of phosphoric acid groups is 2. The molecular formula is C14H29N4O13P2+. The van der Waals surface area contributed by atoms with E-state index in [1.165, 1.54) is 0 Å². The van der Waals surface area contributed by atoms with Crippen LogP contribution in [-0.2, 0) is 27.2 Å². The fourth-order valence-electron chi connectivity index (χ4n) is 2.78. The first-order valence-electron chi connectivity index (χ1n) is 9.45. The van der Waals surface area contributed by atoms with Gasteiger partial charge < -0.3 is 45.2 Å². The number of carbonyl (C=O) groups is 1. The van der Waals surface area contributed by atoms with Crippen molar-refractivity contribution in [2.75, 3.05) is 40.9 Å². The lowest BCUT2D eigenvalue weighted by Gasteiger charge is -2.37. The summed E-state index contributed by atoms with van der Waals surface area (Å²) in [5.41, 5.74) is 5.30. The predicted molar refractivity (Wildman–Crippen MR) is 107 cm³/mol. The molecule has 0 aromatic carbocycles. The van der Waals surface area contributed by atoms with Gasteiger partial charge in [0.05, 0.1) is 27.7 Å². The van der Waals surface area contributed by atoms with Crippen molar-refractivity contribution in [2.45, 2.75) is 36.9 Å². The van der Waals surface area contributed by atoms with E-state index >= 15 is 0 Å². The molecule has 192 valence electrons. The Labute approximate surface area is 188 Å². The predicted octanol–water partition coefficient (Wildman–Crippen LogP) is -3.14. The number of quaternary nitrogens is 1. The summed E-state index contributed by atoms with van der Waals surface area (Å²) in [5.74, 6) is -0.577. The third kappa shape index (κ3) is 7.47. The molecule has 0 spiro atoms. The van der Waals surface area contributed by atoms with Crippen LogP contribution in [0.2, 0.25) is 0 Å². The zero-order valence-corrected chi connectivity index (χ0v) is 19.7. The number of amidine groups is 1.